The number of thiocarbonyl (C=S) groups is 1. The molecule has 4 heterocycles. The number of carbonyl (C=O) groups excluding carboxylic acids is 1. The Balaban J connectivity index is 1.54. The van der Waals surface area contributed by atoms with E-state index in [0.29, 0.717) is 26.4 Å². The van der Waals surface area contributed by atoms with Crippen LogP contribution >= 0.6 is 24.0 Å². The molecule has 0 atom stereocenters. The van der Waals surface area contributed by atoms with Crippen molar-refractivity contribution in [2.24, 2.45) is 0 Å². The lowest BCUT2D eigenvalue weighted by Crippen LogP contribution is -2.29. The van der Waals surface area contributed by atoms with E-state index in [4.69, 9.17) is 21.6 Å². The number of hydrogen-bond donors (Lipinski definition) is 1. The number of rotatable bonds is 3. The number of amides is 1. The molecule has 140 valence electrons. The fourth-order valence-corrected chi connectivity index (χ4v) is 4.04. The first kappa shape index (κ1) is 18.1. The van der Waals surface area contributed by atoms with Crippen LogP contribution in [0.25, 0.3) is 17.5 Å². The first-order valence-electron chi connectivity index (χ1n) is 8.69. The number of furan rings is 1. The summed E-state index contributed by atoms with van der Waals surface area (Å²) in [6.45, 7) is 3.99. The van der Waals surface area contributed by atoms with Crippen LogP contribution in [0.5, 0.6) is 0 Å². The van der Waals surface area contributed by atoms with Gasteiger partial charge in [-0.15, -0.1) is 0 Å². The zero-order chi connectivity index (χ0) is 18.8. The summed E-state index contributed by atoms with van der Waals surface area (Å²) in [5.41, 5.74) is 0.675. The predicted octanol–water partition coefficient (Wildman–Crippen LogP) is 2.37. The molecular weight excluding hydrogens is 382 g/mol. The Morgan fingerprint density at radius 2 is 2.15 bits per heavy atom. The molecule has 0 aromatic carbocycles. The second-order valence-corrected chi connectivity index (χ2v) is 8.18. The van der Waals surface area contributed by atoms with Crippen molar-refractivity contribution in [3.63, 3.8) is 0 Å². The maximum absolute atomic E-state index is 11.8. The van der Waals surface area contributed by atoms with Crippen molar-refractivity contribution in [2.75, 3.05) is 38.1 Å². The van der Waals surface area contributed by atoms with E-state index in [1.54, 1.807) is 18.5 Å². The predicted molar refractivity (Wildman–Crippen MR) is 110 cm³/mol. The van der Waals surface area contributed by atoms with Crippen molar-refractivity contribution in [1.82, 2.24) is 20.2 Å². The number of anilines is 1. The number of carbonyl (C=O) groups is 1. The molecule has 2 aromatic heterocycles. The van der Waals surface area contributed by atoms with Crippen LogP contribution in [0.2, 0.25) is 0 Å². The SMILES string of the molecule is CN1CCCN(c2cncc(-c3ccc(/C=C4/SC(=S)NC4=O)o3)n2)CC1. The van der Waals surface area contributed by atoms with E-state index < -0.39 is 0 Å². The van der Waals surface area contributed by atoms with Gasteiger partial charge in [0.15, 0.2) is 5.76 Å². The van der Waals surface area contributed by atoms with Gasteiger partial charge in [-0.1, -0.05) is 24.0 Å². The average molecular weight is 402 g/mol. The molecule has 27 heavy (non-hydrogen) atoms. The molecule has 7 nitrogen and oxygen atoms in total. The van der Waals surface area contributed by atoms with Crippen LogP contribution in [0.1, 0.15) is 12.2 Å². The van der Waals surface area contributed by atoms with E-state index in [1.165, 1.54) is 11.8 Å². The monoisotopic (exact) mass is 401 g/mol. The zero-order valence-electron chi connectivity index (χ0n) is 14.8. The third kappa shape index (κ3) is 4.20. The second-order valence-electron chi connectivity index (χ2n) is 6.46. The number of likely N-dealkylation sites (N-methyl/N-ethyl adjacent to an activating group) is 1. The van der Waals surface area contributed by atoms with Crippen molar-refractivity contribution >= 4 is 46.1 Å². The lowest BCUT2D eigenvalue weighted by Gasteiger charge is -2.21. The minimum atomic E-state index is -0.198. The maximum Gasteiger partial charge on any atom is 0.263 e. The van der Waals surface area contributed by atoms with Crippen molar-refractivity contribution in [3.05, 3.63) is 35.2 Å². The van der Waals surface area contributed by atoms with E-state index in [1.807, 2.05) is 12.1 Å². The number of hydrogen-bond acceptors (Lipinski definition) is 8. The van der Waals surface area contributed by atoms with Crippen LogP contribution < -0.4 is 10.2 Å². The molecule has 2 aliphatic rings. The van der Waals surface area contributed by atoms with E-state index in [2.05, 4.69) is 27.1 Å². The van der Waals surface area contributed by atoms with Gasteiger partial charge in [0.25, 0.3) is 5.91 Å². The van der Waals surface area contributed by atoms with Crippen molar-refractivity contribution in [3.8, 4) is 11.5 Å². The number of nitrogens with one attached hydrogen (secondary N) is 1. The highest BCUT2D eigenvalue weighted by atomic mass is 32.2. The summed E-state index contributed by atoms with van der Waals surface area (Å²) in [5, 5.41) is 2.59. The first-order chi connectivity index (χ1) is 13.1. The Morgan fingerprint density at radius 1 is 1.26 bits per heavy atom. The smallest absolute Gasteiger partial charge is 0.263 e. The fraction of sp³-hybridized carbons (Fsp3) is 0.333. The summed E-state index contributed by atoms with van der Waals surface area (Å²) in [6, 6.07) is 3.65. The van der Waals surface area contributed by atoms with Crippen LogP contribution in [0, 0.1) is 0 Å². The molecule has 0 saturated carbocycles. The molecule has 2 saturated heterocycles. The van der Waals surface area contributed by atoms with E-state index in [9.17, 15) is 4.79 Å². The van der Waals surface area contributed by atoms with Crippen LogP contribution in [0.3, 0.4) is 0 Å². The van der Waals surface area contributed by atoms with Crippen molar-refractivity contribution in [1.29, 1.82) is 0 Å². The van der Waals surface area contributed by atoms with Crippen LogP contribution in [0.15, 0.2) is 33.8 Å². The quantitative estimate of drug-likeness (QED) is 0.621. The zero-order valence-corrected chi connectivity index (χ0v) is 16.5. The molecule has 0 radical (unpaired) electrons. The van der Waals surface area contributed by atoms with E-state index in [0.717, 1.165) is 38.4 Å². The van der Waals surface area contributed by atoms with E-state index in [-0.39, 0.29) is 5.91 Å². The Hall–Kier alpha value is -2.23. The molecule has 4 rings (SSSR count). The maximum atomic E-state index is 11.8. The highest BCUT2D eigenvalue weighted by molar-refractivity contribution is 8.26. The van der Waals surface area contributed by atoms with Crippen molar-refractivity contribution < 1.29 is 9.21 Å². The molecule has 1 N–H and O–H groups in total. The number of thioether (sulfide) groups is 1. The summed E-state index contributed by atoms with van der Waals surface area (Å²) in [4.78, 5) is 26.0. The van der Waals surface area contributed by atoms with Gasteiger partial charge in [0.05, 0.1) is 17.3 Å². The van der Waals surface area contributed by atoms with Crippen LogP contribution in [-0.2, 0) is 4.79 Å². The Labute approximate surface area is 166 Å². The molecule has 0 unspecified atom stereocenters. The van der Waals surface area contributed by atoms with Gasteiger partial charge in [-0.3, -0.25) is 9.78 Å². The minimum absolute atomic E-state index is 0.198. The van der Waals surface area contributed by atoms with Gasteiger partial charge in [-0.25, -0.2) is 4.98 Å². The van der Waals surface area contributed by atoms with Gasteiger partial charge in [0.2, 0.25) is 0 Å². The topological polar surface area (TPSA) is 74.5 Å². The molecule has 2 fully saturated rings. The highest BCUT2D eigenvalue weighted by Crippen LogP contribution is 2.28. The van der Waals surface area contributed by atoms with Gasteiger partial charge in [0, 0.05) is 25.7 Å². The number of aromatic nitrogens is 2. The summed E-state index contributed by atoms with van der Waals surface area (Å²) in [7, 11) is 2.14. The molecule has 9 heteroatoms. The minimum Gasteiger partial charge on any atom is -0.455 e. The Bertz CT molecular complexity index is 911. The van der Waals surface area contributed by atoms with Gasteiger partial charge >= 0.3 is 0 Å². The molecular formula is C18H19N5O2S2. The standard InChI is InChI=1S/C18H19N5O2S2/c1-22-5-2-6-23(8-7-22)16-11-19-10-13(20-16)14-4-3-12(25-14)9-15-17(24)21-18(26)27-15/h3-4,9-11H,2,5-8H2,1H3,(H,21,24,26)/b15-9+. The van der Waals surface area contributed by atoms with E-state index >= 15 is 0 Å². The van der Waals surface area contributed by atoms with Gasteiger partial charge in [-0.2, -0.15) is 0 Å². The fourth-order valence-electron chi connectivity index (χ4n) is 3.02. The van der Waals surface area contributed by atoms with Gasteiger partial charge in [0.1, 0.15) is 21.6 Å². The summed E-state index contributed by atoms with van der Waals surface area (Å²) in [6.07, 6.45) is 6.27. The largest absolute Gasteiger partial charge is 0.455 e. The summed E-state index contributed by atoms with van der Waals surface area (Å²) in [5.74, 6) is 1.86. The van der Waals surface area contributed by atoms with Crippen LogP contribution in [-0.4, -0.2) is 58.3 Å². The number of nitrogens with zero attached hydrogens (tertiary/aromatic N) is 4. The normalized spacial score (nSPS) is 20.2. The third-order valence-corrected chi connectivity index (χ3v) is 5.62. The lowest BCUT2D eigenvalue weighted by molar-refractivity contribution is -0.115. The average Bonchev–Trinajstić information content (AvgIpc) is 3.17. The highest BCUT2D eigenvalue weighted by Gasteiger charge is 2.22. The molecule has 0 aliphatic carbocycles. The van der Waals surface area contributed by atoms with Gasteiger partial charge < -0.3 is 19.5 Å². The molecule has 2 aromatic rings. The van der Waals surface area contributed by atoms with Gasteiger partial charge in [-0.05, 0) is 32.1 Å². The summed E-state index contributed by atoms with van der Waals surface area (Å²) < 4.78 is 6.32. The first-order valence-corrected chi connectivity index (χ1v) is 9.91. The Morgan fingerprint density at radius 3 is 2.96 bits per heavy atom. The molecule has 1 amide bonds. The van der Waals surface area contributed by atoms with Crippen molar-refractivity contribution in [2.45, 2.75) is 6.42 Å². The third-order valence-electron chi connectivity index (χ3n) is 4.46. The van der Waals surface area contributed by atoms with Crippen LogP contribution in [0.4, 0.5) is 5.82 Å². The Kier molecular flexibility index (Phi) is 5.24. The second kappa shape index (κ2) is 7.79. The molecule has 0 spiro atoms. The summed E-state index contributed by atoms with van der Waals surface area (Å²) >= 11 is 6.23. The molecule has 0 bridgehead atoms. The molecule has 2 aliphatic heterocycles. The lowest BCUT2D eigenvalue weighted by atomic mass is 10.3.